The fourth-order valence-electron chi connectivity index (χ4n) is 0. The molecule has 0 aromatic carbocycles. The molecule has 0 aromatic heterocycles. The van der Waals surface area contributed by atoms with Crippen LogP contribution in [0, 0.1) is 0 Å². The summed E-state index contributed by atoms with van der Waals surface area (Å²) in [5.74, 6) is 0. The molecule has 0 rings (SSSR count). The summed E-state index contributed by atoms with van der Waals surface area (Å²) in [4.78, 5) is 0. The second-order valence-corrected chi connectivity index (χ2v) is 0.667. The summed E-state index contributed by atoms with van der Waals surface area (Å²) in [6.07, 6.45) is 4.00. The van der Waals surface area contributed by atoms with Crippen LogP contribution in [0.1, 0.15) is 16.7 Å². The fraction of sp³-hybridized carbons (Fsp3) is 0.500. The summed E-state index contributed by atoms with van der Waals surface area (Å²) in [6, 6.07) is 0. The molecule has 0 aliphatic rings. The van der Waals surface area contributed by atoms with Gasteiger partial charge in [0.2, 0.25) is 0 Å². The van der Waals surface area contributed by atoms with Gasteiger partial charge in [0.25, 0.3) is 0 Å². The van der Waals surface area contributed by atoms with E-state index in [1.54, 1.807) is 0 Å². The monoisotopic (exact) mass is 196 g/mol. The molecule has 0 N–H and O–H groups in total. The molecule has 0 aromatic rings. The molecule has 0 nitrogen and oxygen atoms in total. The van der Waals surface area contributed by atoms with Crippen molar-refractivity contribution < 1.29 is 2.85 Å². The van der Waals surface area contributed by atoms with Gasteiger partial charge < -0.3 is 2.85 Å². The van der Waals surface area contributed by atoms with E-state index in [4.69, 9.17) is 0 Å². The van der Waals surface area contributed by atoms with Gasteiger partial charge in [-0.3, -0.25) is 0 Å². The van der Waals surface area contributed by atoms with E-state index in [-0.39, 0.29) is 51.7 Å². The molecule has 0 unspecified atom stereocenters. The summed E-state index contributed by atoms with van der Waals surface area (Å²) in [5.41, 5.74) is 0. The Bertz CT molecular complexity index is 24.9. The van der Waals surface area contributed by atoms with E-state index in [0.717, 1.165) is 0 Å². The normalized spacial score (nSPS) is 7.60. The van der Waals surface area contributed by atoms with Crippen LogP contribution in [0.5, 0.6) is 0 Å². The van der Waals surface area contributed by atoms with Gasteiger partial charge in [-0.25, -0.2) is 0 Å². The molecular formula is C4H10Ba. The maximum absolute atomic E-state index is 2.00. The van der Waals surface area contributed by atoms with E-state index >= 15 is 0 Å². The Morgan fingerprint density at radius 3 is 1.40 bits per heavy atom. The van der Waals surface area contributed by atoms with Crippen molar-refractivity contribution in [2.45, 2.75) is 13.8 Å². The van der Waals surface area contributed by atoms with E-state index in [0.29, 0.717) is 0 Å². The first-order chi connectivity index (χ1) is 1.91. The van der Waals surface area contributed by atoms with Gasteiger partial charge in [-0.15, -0.1) is 0 Å². The standard InChI is InChI=1S/C4H8.Ba.2H/c1-3-4-2;;;/h3-4H,1-2H3;;;/q;+2;2*-1. The fourth-order valence-corrected chi connectivity index (χ4v) is 0. The molecule has 0 amide bonds. The quantitative estimate of drug-likeness (QED) is 0.405. The van der Waals surface area contributed by atoms with Crippen LogP contribution in [0.2, 0.25) is 0 Å². The zero-order valence-electron chi connectivity index (χ0n) is 5.86. The molecule has 0 spiro atoms. The van der Waals surface area contributed by atoms with Crippen molar-refractivity contribution in [3.63, 3.8) is 0 Å². The van der Waals surface area contributed by atoms with Crippen molar-refractivity contribution in [3.05, 3.63) is 12.2 Å². The van der Waals surface area contributed by atoms with E-state index in [1.807, 2.05) is 26.0 Å². The third kappa shape index (κ3) is 10.9. The summed E-state index contributed by atoms with van der Waals surface area (Å²) < 4.78 is 0. The van der Waals surface area contributed by atoms with Crippen LogP contribution < -0.4 is 0 Å². The molecule has 0 heterocycles. The average molecular weight is 195 g/mol. The van der Waals surface area contributed by atoms with Crippen molar-refractivity contribution >= 4 is 48.9 Å². The van der Waals surface area contributed by atoms with Crippen LogP contribution in [0.25, 0.3) is 0 Å². The molecule has 0 saturated heterocycles. The summed E-state index contributed by atoms with van der Waals surface area (Å²) in [7, 11) is 0. The Morgan fingerprint density at radius 1 is 1.20 bits per heavy atom. The first kappa shape index (κ1) is 9.58. The van der Waals surface area contributed by atoms with E-state index in [9.17, 15) is 0 Å². The largest absolute Gasteiger partial charge is 2.00 e. The van der Waals surface area contributed by atoms with Crippen molar-refractivity contribution in [2.75, 3.05) is 0 Å². The SMILES string of the molecule is CC=CC.[Ba+2].[H-].[H-]. The molecular weight excluding hydrogens is 185 g/mol. The predicted octanol–water partition coefficient (Wildman–Crippen LogP) is 1.43. The topological polar surface area (TPSA) is 0 Å². The number of hydrogen-bond donors (Lipinski definition) is 0. The first-order valence-electron chi connectivity index (χ1n) is 1.49. The van der Waals surface area contributed by atoms with Gasteiger partial charge in [-0.05, 0) is 13.8 Å². The molecule has 0 fully saturated rings. The molecule has 0 bridgehead atoms. The number of rotatable bonds is 0. The van der Waals surface area contributed by atoms with Crippen molar-refractivity contribution in [3.8, 4) is 0 Å². The van der Waals surface area contributed by atoms with Crippen molar-refractivity contribution in [2.24, 2.45) is 0 Å². The Hall–Kier alpha value is 1.31. The summed E-state index contributed by atoms with van der Waals surface area (Å²) >= 11 is 0. The molecule has 0 aliphatic carbocycles. The second-order valence-electron chi connectivity index (χ2n) is 0.667. The van der Waals surface area contributed by atoms with E-state index in [1.165, 1.54) is 0 Å². The smallest absolute Gasteiger partial charge is 1.00 e. The van der Waals surface area contributed by atoms with Crippen LogP contribution in [0.15, 0.2) is 12.2 Å². The van der Waals surface area contributed by atoms with Gasteiger partial charge in [-0.1, -0.05) is 12.2 Å². The zero-order valence-corrected chi connectivity index (χ0v) is 8.30. The Labute approximate surface area is 76.7 Å². The van der Waals surface area contributed by atoms with Gasteiger partial charge >= 0.3 is 48.9 Å². The van der Waals surface area contributed by atoms with Crippen LogP contribution in [-0.4, -0.2) is 48.9 Å². The van der Waals surface area contributed by atoms with E-state index in [2.05, 4.69) is 0 Å². The van der Waals surface area contributed by atoms with Crippen LogP contribution in [0.4, 0.5) is 0 Å². The van der Waals surface area contributed by atoms with Gasteiger partial charge in [0.1, 0.15) is 0 Å². The Balaban J connectivity index is -0.0000000150. The third-order valence-corrected chi connectivity index (χ3v) is 0.333. The molecule has 0 aliphatic heterocycles. The second kappa shape index (κ2) is 9.00. The minimum atomic E-state index is 0. The molecule has 28 valence electrons. The average Bonchev–Trinajstić information content (AvgIpc) is 1.37. The first-order valence-corrected chi connectivity index (χ1v) is 1.49. The maximum atomic E-state index is 2.00. The maximum Gasteiger partial charge on any atom is 2.00 e. The molecule has 0 atom stereocenters. The van der Waals surface area contributed by atoms with Crippen LogP contribution in [0.3, 0.4) is 0 Å². The van der Waals surface area contributed by atoms with Gasteiger partial charge in [0, 0.05) is 0 Å². The van der Waals surface area contributed by atoms with Crippen molar-refractivity contribution in [1.29, 1.82) is 0 Å². The number of hydrogen-bond acceptors (Lipinski definition) is 0. The van der Waals surface area contributed by atoms with Gasteiger partial charge in [0.15, 0.2) is 0 Å². The minimum absolute atomic E-state index is 0. The predicted molar refractivity (Wildman–Crippen MR) is 28.5 cm³/mol. The summed E-state index contributed by atoms with van der Waals surface area (Å²) in [5, 5.41) is 0. The Kier molecular flexibility index (Phi) is 17.2. The van der Waals surface area contributed by atoms with Crippen molar-refractivity contribution in [1.82, 2.24) is 0 Å². The molecule has 0 saturated carbocycles. The molecule has 0 radical (unpaired) electrons. The molecule has 5 heavy (non-hydrogen) atoms. The molecule has 1 heteroatoms. The summed E-state index contributed by atoms with van der Waals surface area (Å²) in [6.45, 7) is 4.00. The Morgan fingerprint density at radius 2 is 1.40 bits per heavy atom. The van der Waals surface area contributed by atoms with Gasteiger partial charge in [-0.2, -0.15) is 0 Å². The zero-order chi connectivity index (χ0) is 3.41. The van der Waals surface area contributed by atoms with Gasteiger partial charge in [0.05, 0.1) is 0 Å². The third-order valence-electron chi connectivity index (χ3n) is 0.333. The number of allylic oxidation sites excluding steroid dienone is 2. The van der Waals surface area contributed by atoms with Crippen LogP contribution in [-0.2, 0) is 0 Å². The van der Waals surface area contributed by atoms with E-state index < -0.39 is 0 Å². The minimum Gasteiger partial charge on any atom is -1.00 e. The van der Waals surface area contributed by atoms with Crippen LogP contribution >= 0.6 is 0 Å².